The van der Waals surface area contributed by atoms with Gasteiger partial charge in [0.25, 0.3) is 5.91 Å². The summed E-state index contributed by atoms with van der Waals surface area (Å²) < 4.78 is 0. The Labute approximate surface area is 140 Å². The van der Waals surface area contributed by atoms with E-state index < -0.39 is 0 Å². The smallest absolute Gasteiger partial charge is 0.251 e. The summed E-state index contributed by atoms with van der Waals surface area (Å²) in [7, 11) is 2.06. The normalized spacial score (nSPS) is 9.29. The first-order valence-corrected chi connectivity index (χ1v) is 6.99. The van der Waals surface area contributed by atoms with Gasteiger partial charge in [-0.25, -0.2) is 0 Å². The first-order chi connectivity index (χ1) is 9.19. The van der Waals surface area contributed by atoms with Gasteiger partial charge in [0.2, 0.25) is 0 Å². The third-order valence-corrected chi connectivity index (χ3v) is 2.97. The molecule has 0 saturated carbocycles. The molecule has 4 nitrogen and oxygen atoms in total. The van der Waals surface area contributed by atoms with E-state index in [1.807, 2.05) is 31.2 Å². The first kappa shape index (κ1) is 22.3. The maximum absolute atomic E-state index is 11.9. The second-order valence-electron chi connectivity index (χ2n) is 4.58. The van der Waals surface area contributed by atoms with Crippen LogP contribution in [0.5, 0.6) is 0 Å². The largest absolute Gasteiger partial charge is 0.375 e. The minimum atomic E-state index is -0.0115. The average Bonchev–Trinajstić information content (AvgIpc) is 2.44. The molecular formula is C15H27Cl2N3O. The molecule has 6 heteroatoms. The number of benzene rings is 1. The monoisotopic (exact) mass is 335 g/mol. The Kier molecular flexibility index (Phi) is 13.5. The van der Waals surface area contributed by atoms with E-state index in [-0.39, 0.29) is 30.7 Å². The number of hydrogen-bond acceptors (Lipinski definition) is 3. The second kappa shape index (κ2) is 12.7. The van der Waals surface area contributed by atoms with Crippen molar-refractivity contribution in [2.45, 2.75) is 20.3 Å². The third kappa shape index (κ3) is 8.15. The van der Waals surface area contributed by atoms with Crippen molar-refractivity contribution in [3.8, 4) is 0 Å². The fourth-order valence-corrected chi connectivity index (χ4v) is 1.88. The molecule has 0 radical (unpaired) electrons. The summed E-state index contributed by atoms with van der Waals surface area (Å²) in [4.78, 5) is 14.0. The summed E-state index contributed by atoms with van der Waals surface area (Å²) in [6, 6.07) is 7.75. The first-order valence-electron chi connectivity index (χ1n) is 6.99. The number of hydrogen-bond donors (Lipinski definition) is 2. The Morgan fingerprint density at radius 3 is 2.24 bits per heavy atom. The average molecular weight is 336 g/mol. The molecule has 2 N–H and O–H groups in total. The van der Waals surface area contributed by atoms with E-state index in [4.69, 9.17) is 0 Å². The minimum absolute atomic E-state index is 0. The van der Waals surface area contributed by atoms with Gasteiger partial charge in [-0.1, -0.05) is 13.8 Å². The minimum Gasteiger partial charge on any atom is -0.375 e. The number of amides is 1. The molecule has 0 aliphatic rings. The van der Waals surface area contributed by atoms with E-state index in [2.05, 4.69) is 29.5 Å². The van der Waals surface area contributed by atoms with Crippen LogP contribution >= 0.6 is 24.8 Å². The zero-order valence-electron chi connectivity index (χ0n) is 13.0. The lowest BCUT2D eigenvalue weighted by atomic mass is 10.2. The molecule has 1 aromatic carbocycles. The Bertz CT molecular complexity index is 385. The second-order valence-corrected chi connectivity index (χ2v) is 4.58. The molecule has 0 saturated heterocycles. The predicted molar refractivity (Wildman–Crippen MR) is 95.4 cm³/mol. The number of nitrogens with zero attached hydrogens (tertiary/aromatic N) is 1. The van der Waals surface area contributed by atoms with Crippen LogP contribution in [0.1, 0.15) is 30.6 Å². The molecule has 0 aromatic heterocycles. The van der Waals surface area contributed by atoms with Crippen LogP contribution in [0.3, 0.4) is 0 Å². The van der Waals surface area contributed by atoms with Crippen molar-refractivity contribution in [2.24, 2.45) is 0 Å². The number of rotatable bonds is 8. The summed E-state index contributed by atoms with van der Waals surface area (Å²) in [5.74, 6) is -0.0115. The number of carbonyl (C=O) groups is 1. The summed E-state index contributed by atoms with van der Waals surface area (Å²) in [5.41, 5.74) is 1.86. The van der Waals surface area contributed by atoms with Gasteiger partial charge in [-0.05, 0) is 37.2 Å². The van der Waals surface area contributed by atoms with Crippen LogP contribution < -0.4 is 15.5 Å². The number of halogens is 2. The van der Waals surface area contributed by atoms with E-state index >= 15 is 0 Å². The SMILES string of the molecule is CCCN(C)c1ccc(C(=O)NCCNCC)cc1.Cl.Cl. The van der Waals surface area contributed by atoms with Gasteiger partial charge < -0.3 is 15.5 Å². The fraction of sp³-hybridized carbons (Fsp3) is 0.533. The number of nitrogens with one attached hydrogen (secondary N) is 2. The highest BCUT2D eigenvalue weighted by molar-refractivity contribution is 5.94. The van der Waals surface area contributed by atoms with Crippen molar-refractivity contribution in [2.75, 3.05) is 38.1 Å². The molecule has 0 bridgehead atoms. The summed E-state index contributed by atoms with van der Waals surface area (Å²) in [5, 5.41) is 6.06. The highest BCUT2D eigenvalue weighted by atomic mass is 35.5. The maximum atomic E-state index is 11.9. The van der Waals surface area contributed by atoms with Crippen LogP contribution in [0, 0.1) is 0 Å². The number of anilines is 1. The Morgan fingerprint density at radius 2 is 1.71 bits per heavy atom. The van der Waals surface area contributed by atoms with Crippen molar-refractivity contribution >= 4 is 36.4 Å². The molecule has 1 amide bonds. The molecule has 122 valence electrons. The summed E-state index contributed by atoms with van der Waals surface area (Å²) >= 11 is 0. The van der Waals surface area contributed by atoms with Gasteiger partial charge in [0.05, 0.1) is 0 Å². The van der Waals surface area contributed by atoms with E-state index in [1.165, 1.54) is 0 Å². The topological polar surface area (TPSA) is 44.4 Å². The van der Waals surface area contributed by atoms with Gasteiger partial charge in [0, 0.05) is 37.9 Å². The van der Waals surface area contributed by atoms with Gasteiger partial charge in [-0.2, -0.15) is 0 Å². The molecule has 0 heterocycles. The van der Waals surface area contributed by atoms with Crippen molar-refractivity contribution in [3.05, 3.63) is 29.8 Å². The standard InChI is InChI=1S/C15H25N3O.2ClH/c1-4-12-18(3)14-8-6-13(7-9-14)15(19)17-11-10-16-5-2;;/h6-9,16H,4-5,10-12H2,1-3H3,(H,17,19);2*1H. The number of likely N-dealkylation sites (N-methyl/N-ethyl adjacent to an activating group) is 1. The zero-order chi connectivity index (χ0) is 14.1. The Balaban J connectivity index is 0. The molecule has 1 rings (SSSR count). The quantitative estimate of drug-likeness (QED) is 0.718. The zero-order valence-corrected chi connectivity index (χ0v) is 14.6. The van der Waals surface area contributed by atoms with Crippen LogP contribution in [-0.4, -0.2) is 39.1 Å². The van der Waals surface area contributed by atoms with Crippen LogP contribution in [0.2, 0.25) is 0 Å². The Morgan fingerprint density at radius 1 is 1.10 bits per heavy atom. The van der Waals surface area contributed by atoms with Crippen molar-refractivity contribution in [3.63, 3.8) is 0 Å². The van der Waals surface area contributed by atoms with Crippen LogP contribution in [0.15, 0.2) is 24.3 Å². The van der Waals surface area contributed by atoms with E-state index in [1.54, 1.807) is 0 Å². The van der Waals surface area contributed by atoms with E-state index in [9.17, 15) is 4.79 Å². The van der Waals surface area contributed by atoms with Gasteiger partial charge in [0.15, 0.2) is 0 Å². The van der Waals surface area contributed by atoms with Gasteiger partial charge in [-0.3, -0.25) is 4.79 Å². The summed E-state index contributed by atoms with van der Waals surface area (Å²) in [6.45, 7) is 7.61. The Hall–Kier alpha value is -0.970. The highest BCUT2D eigenvalue weighted by Crippen LogP contribution is 2.13. The molecule has 0 spiro atoms. The number of carbonyl (C=O) groups excluding carboxylic acids is 1. The highest BCUT2D eigenvalue weighted by Gasteiger charge is 2.05. The maximum Gasteiger partial charge on any atom is 0.251 e. The van der Waals surface area contributed by atoms with Crippen molar-refractivity contribution < 1.29 is 4.79 Å². The van der Waals surface area contributed by atoms with E-state index in [0.29, 0.717) is 12.1 Å². The lowest BCUT2D eigenvalue weighted by Gasteiger charge is -2.18. The van der Waals surface area contributed by atoms with Crippen molar-refractivity contribution in [1.82, 2.24) is 10.6 Å². The summed E-state index contributed by atoms with van der Waals surface area (Å²) in [6.07, 6.45) is 1.11. The van der Waals surface area contributed by atoms with Gasteiger partial charge in [0.1, 0.15) is 0 Å². The molecule has 21 heavy (non-hydrogen) atoms. The van der Waals surface area contributed by atoms with Crippen LogP contribution in [0.25, 0.3) is 0 Å². The third-order valence-electron chi connectivity index (χ3n) is 2.97. The lowest BCUT2D eigenvalue weighted by molar-refractivity contribution is 0.0954. The molecule has 0 aliphatic carbocycles. The van der Waals surface area contributed by atoms with Crippen molar-refractivity contribution in [1.29, 1.82) is 0 Å². The lowest BCUT2D eigenvalue weighted by Crippen LogP contribution is -2.31. The molecule has 0 unspecified atom stereocenters. The molecule has 1 aromatic rings. The molecule has 0 fully saturated rings. The van der Waals surface area contributed by atoms with E-state index in [0.717, 1.165) is 31.7 Å². The fourth-order valence-electron chi connectivity index (χ4n) is 1.88. The van der Waals surface area contributed by atoms with Crippen LogP contribution in [-0.2, 0) is 0 Å². The van der Waals surface area contributed by atoms with Gasteiger partial charge >= 0.3 is 0 Å². The predicted octanol–water partition coefficient (Wildman–Crippen LogP) is 2.72. The molecular weight excluding hydrogens is 309 g/mol. The molecule has 0 aliphatic heterocycles. The van der Waals surface area contributed by atoms with Crippen LogP contribution in [0.4, 0.5) is 5.69 Å². The van der Waals surface area contributed by atoms with Gasteiger partial charge in [-0.15, -0.1) is 24.8 Å². The molecule has 0 atom stereocenters.